The van der Waals surface area contributed by atoms with Gasteiger partial charge in [0.25, 0.3) is 5.69 Å². The summed E-state index contributed by atoms with van der Waals surface area (Å²) in [7, 11) is 0. The largest absolute Gasteiger partial charge is 0.398 e. The van der Waals surface area contributed by atoms with Gasteiger partial charge in [0.05, 0.1) is 4.92 Å². The van der Waals surface area contributed by atoms with Crippen molar-refractivity contribution in [1.82, 2.24) is 0 Å². The van der Waals surface area contributed by atoms with Gasteiger partial charge in [-0.05, 0) is 17.5 Å². The maximum absolute atomic E-state index is 10.9. The van der Waals surface area contributed by atoms with Gasteiger partial charge in [0, 0.05) is 34.6 Å². The second-order valence-corrected chi connectivity index (χ2v) is 4.72. The lowest BCUT2D eigenvalue weighted by Crippen LogP contribution is -1.96. The quantitative estimate of drug-likeness (QED) is 0.430. The molecule has 3 aromatic carbocycles. The molecule has 0 bridgehead atoms. The van der Waals surface area contributed by atoms with E-state index in [1.54, 1.807) is 6.07 Å². The maximum Gasteiger partial charge on any atom is 0.273 e. The van der Waals surface area contributed by atoms with Crippen molar-refractivity contribution in [2.75, 3.05) is 11.1 Å². The highest BCUT2D eigenvalue weighted by Gasteiger charge is 2.09. The van der Waals surface area contributed by atoms with Gasteiger partial charge in [-0.1, -0.05) is 36.4 Å². The van der Waals surface area contributed by atoms with Crippen LogP contribution in [0.3, 0.4) is 0 Å². The molecule has 5 heteroatoms. The lowest BCUT2D eigenvalue weighted by Gasteiger charge is -2.10. The van der Waals surface area contributed by atoms with E-state index in [9.17, 15) is 10.1 Å². The van der Waals surface area contributed by atoms with E-state index in [2.05, 4.69) is 5.32 Å². The molecule has 0 aliphatic rings. The van der Waals surface area contributed by atoms with Crippen LogP contribution in [0.2, 0.25) is 0 Å². The summed E-state index contributed by atoms with van der Waals surface area (Å²) in [5.74, 6) is 0. The van der Waals surface area contributed by atoms with Crippen molar-refractivity contribution < 1.29 is 4.92 Å². The van der Waals surface area contributed by atoms with Crippen LogP contribution in [0.4, 0.5) is 22.7 Å². The molecule has 0 heterocycles. The Bertz CT molecular complexity index is 825. The molecule has 3 aromatic rings. The number of hydrogen-bond donors (Lipinski definition) is 2. The first-order chi connectivity index (χ1) is 10.1. The summed E-state index contributed by atoms with van der Waals surface area (Å²) in [4.78, 5) is 10.4. The predicted molar refractivity (Wildman–Crippen MR) is 84.7 cm³/mol. The molecule has 0 atom stereocenters. The van der Waals surface area contributed by atoms with E-state index in [1.165, 1.54) is 12.1 Å². The molecule has 0 radical (unpaired) electrons. The SMILES string of the molecule is Nc1cc(Nc2cccc3ccccc23)cc([N+](=O)[O-])c1. The van der Waals surface area contributed by atoms with Crippen molar-refractivity contribution in [3.63, 3.8) is 0 Å². The summed E-state index contributed by atoms with van der Waals surface area (Å²) in [6.45, 7) is 0. The van der Waals surface area contributed by atoms with Crippen LogP contribution >= 0.6 is 0 Å². The molecule has 104 valence electrons. The van der Waals surface area contributed by atoms with Crippen LogP contribution in [0.25, 0.3) is 10.8 Å². The Morgan fingerprint density at radius 2 is 1.76 bits per heavy atom. The molecule has 0 aliphatic heterocycles. The number of nitrogens with zero attached hydrogens (tertiary/aromatic N) is 1. The Morgan fingerprint density at radius 3 is 2.57 bits per heavy atom. The lowest BCUT2D eigenvalue weighted by molar-refractivity contribution is -0.384. The molecule has 21 heavy (non-hydrogen) atoms. The minimum atomic E-state index is -0.454. The van der Waals surface area contributed by atoms with Gasteiger partial charge in [-0.3, -0.25) is 10.1 Å². The summed E-state index contributed by atoms with van der Waals surface area (Å²) in [5.41, 5.74) is 7.52. The number of hydrogen-bond acceptors (Lipinski definition) is 4. The molecular formula is C16H13N3O2. The second-order valence-electron chi connectivity index (χ2n) is 4.72. The number of nitro benzene ring substituents is 1. The minimum absolute atomic E-state index is 0.0299. The maximum atomic E-state index is 10.9. The number of nitrogens with two attached hydrogens (primary N) is 1. The highest BCUT2D eigenvalue weighted by molar-refractivity contribution is 5.95. The van der Waals surface area contributed by atoms with Crippen LogP contribution < -0.4 is 11.1 Å². The average Bonchev–Trinajstić information content (AvgIpc) is 2.47. The Labute approximate surface area is 121 Å². The number of benzene rings is 3. The Hall–Kier alpha value is -3.08. The van der Waals surface area contributed by atoms with Gasteiger partial charge >= 0.3 is 0 Å². The van der Waals surface area contributed by atoms with Crippen LogP contribution in [-0.2, 0) is 0 Å². The zero-order valence-electron chi connectivity index (χ0n) is 11.1. The predicted octanol–water partition coefficient (Wildman–Crippen LogP) is 4.07. The average molecular weight is 279 g/mol. The third-order valence-corrected chi connectivity index (χ3v) is 3.22. The highest BCUT2D eigenvalue weighted by Crippen LogP contribution is 2.29. The first-order valence-corrected chi connectivity index (χ1v) is 6.43. The fraction of sp³-hybridized carbons (Fsp3) is 0. The van der Waals surface area contributed by atoms with Crippen LogP contribution in [0, 0.1) is 10.1 Å². The van der Waals surface area contributed by atoms with Crippen molar-refractivity contribution in [2.24, 2.45) is 0 Å². The Kier molecular flexibility index (Phi) is 3.16. The van der Waals surface area contributed by atoms with Crippen molar-refractivity contribution in [1.29, 1.82) is 0 Å². The first-order valence-electron chi connectivity index (χ1n) is 6.43. The summed E-state index contributed by atoms with van der Waals surface area (Å²) in [6, 6.07) is 18.3. The van der Waals surface area contributed by atoms with E-state index in [0.29, 0.717) is 11.4 Å². The Morgan fingerprint density at radius 1 is 1.00 bits per heavy atom. The van der Waals surface area contributed by atoms with Crippen molar-refractivity contribution >= 4 is 33.5 Å². The van der Waals surface area contributed by atoms with E-state index in [-0.39, 0.29) is 5.69 Å². The summed E-state index contributed by atoms with van der Waals surface area (Å²) in [5, 5.41) is 16.2. The van der Waals surface area contributed by atoms with E-state index in [1.807, 2.05) is 42.5 Å². The molecular weight excluding hydrogens is 266 g/mol. The monoisotopic (exact) mass is 279 g/mol. The lowest BCUT2D eigenvalue weighted by atomic mass is 10.1. The summed E-state index contributed by atoms with van der Waals surface area (Å²) in [6.07, 6.45) is 0. The van der Waals surface area contributed by atoms with Gasteiger partial charge in [-0.25, -0.2) is 0 Å². The van der Waals surface area contributed by atoms with Gasteiger partial charge in [-0.2, -0.15) is 0 Å². The van der Waals surface area contributed by atoms with Gasteiger partial charge in [0.2, 0.25) is 0 Å². The van der Waals surface area contributed by atoms with Crippen molar-refractivity contribution in [2.45, 2.75) is 0 Å². The van der Waals surface area contributed by atoms with E-state index in [4.69, 9.17) is 5.73 Å². The van der Waals surface area contributed by atoms with Gasteiger partial charge < -0.3 is 11.1 Å². The molecule has 0 saturated heterocycles. The fourth-order valence-corrected chi connectivity index (χ4v) is 2.30. The number of nitrogen functional groups attached to an aromatic ring is 1. The van der Waals surface area contributed by atoms with Crippen LogP contribution in [-0.4, -0.2) is 4.92 Å². The van der Waals surface area contributed by atoms with Crippen molar-refractivity contribution in [3.05, 3.63) is 70.8 Å². The van der Waals surface area contributed by atoms with Crippen LogP contribution in [0.5, 0.6) is 0 Å². The zero-order valence-corrected chi connectivity index (χ0v) is 11.1. The molecule has 3 rings (SSSR count). The smallest absolute Gasteiger partial charge is 0.273 e. The number of fused-ring (bicyclic) bond motifs is 1. The van der Waals surface area contributed by atoms with Crippen LogP contribution in [0.15, 0.2) is 60.7 Å². The third-order valence-electron chi connectivity index (χ3n) is 3.22. The molecule has 0 aliphatic carbocycles. The number of rotatable bonds is 3. The Balaban J connectivity index is 2.05. The topological polar surface area (TPSA) is 81.2 Å². The van der Waals surface area contributed by atoms with Gasteiger partial charge in [0.15, 0.2) is 0 Å². The molecule has 0 fully saturated rings. The number of nitrogens with one attached hydrogen (secondary N) is 1. The molecule has 0 spiro atoms. The van der Waals surface area contributed by atoms with E-state index in [0.717, 1.165) is 16.5 Å². The van der Waals surface area contributed by atoms with E-state index >= 15 is 0 Å². The van der Waals surface area contributed by atoms with Gasteiger partial charge in [0.1, 0.15) is 0 Å². The van der Waals surface area contributed by atoms with E-state index < -0.39 is 4.92 Å². The fourth-order valence-electron chi connectivity index (χ4n) is 2.30. The molecule has 0 amide bonds. The standard InChI is InChI=1S/C16H13N3O2/c17-12-8-13(10-14(9-12)19(20)21)18-16-7-3-5-11-4-1-2-6-15(11)16/h1-10,18H,17H2. The summed E-state index contributed by atoms with van der Waals surface area (Å²) >= 11 is 0. The van der Waals surface area contributed by atoms with Gasteiger partial charge in [-0.15, -0.1) is 0 Å². The van der Waals surface area contributed by atoms with Crippen molar-refractivity contribution in [3.8, 4) is 0 Å². The highest BCUT2D eigenvalue weighted by atomic mass is 16.6. The minimum Gasteiger partial charge on any atom is -0.398 e. The number of nitro groups is 1. The normalized spacial score (nSPS) is 10.5. The molecule has 0 unspecified atom stereocenters. The first kappa shape index (κ1) is 12.9. The molecule has 5 nitrogen and oxygen atoms in total. The third kappa shape index (κ3) is 2.62. The number of non-ortho nitro benzene ring substituents is 1. The number of anilines is 3. The second kappa shape index (κ2) is 5.13. The zero-order chi connectivity index (χ0) is 14.8. The molecule has 3 N–H and O–H groups in total. The molecule has 0 aromatic heterocycles. The summed E-state index contributed by atoms with van der Waals surface area (Å²) < 4.78 is 0. The molecule has 0 saturated carbocycles. The van der Waals surface area contributed by atoms with Crippen LogP contribution in [0.1, 0.15) is 0 Å².